The molecule has 0 saturated heterocycles. The van der Waals surface area contributed by atoms with Gasteiger partial charge in [-0.25, -0.2) is 8.42 Å². The number of carbonyl (C=O) groups is 1. The maximum absolute atomic E-state index is 12.8. The summed E-state index contributed by atoms with van der Waals surface area (Å²) in [6.45, 7) is 0. The highest BCUT2D eigenvalue weighted by atomic mass is 127. The molecule has 0 radical (unpaired) electrons. The van der Waals surface area contributed by atoms with Crippen LogP contribution in [0.2, 0.25) is 0 Å². The van der Waals surface area contributed by atoms with E-state index in [0.29, 0.717) is 16.9 Å². The molecule has 0 atom stereocenters. The molecule has 4 aromatic rings. The number of hydrogen-bond acceptors (Lipinski definition) is 3. The molecule has 150 valence electrons. The van der Waals surface area contributed by atoms with Gasteiger partial charge in [-0.1, -0.05) is 42.5 Å². The van der Waals surface area contributed by atoms with Crippen LogP contribution in [0.5, 0.6) is 0 Å². The van der Waals surface area contributed by atoms with E-state index in [0.717, 1.165) is 14.3 Å². The monoisotopic (exact) mass is 528 g/mol. The highest BCUT2D eigenvalue weighted by molar-refractivity contribution is 14.1. The molecule has 4 rings (SSSR count). The summed E-state index contributed by atoms with van der Waals surface area (Å²) in [5, 5.41) is 4.55. The Morgan fingerprint density at radius 3 is 2.27 bits per heavy atom. The van der Waals surface area contributed by atoms with Gasteiger partial charge in [-0.2, -0.15) is 0 Å². The molecule has 1 amide bonds. The summed E-state index contributed by atoms with van der Waals surface area (Å²) in [4.78, 5) is 12.5. The minimum atomic E-state index is -3.77. The lowest BCUT2D eigenvalue weighted by atomic mass is 10.1. The van der Waals surface area contributed by atoms with Crippen LogP contribution in [-0.4, -0.2) is 14.3 Å². The predicted molar refractivity (Wildman–Crippen MR) is 128 cm³/mol. The summed E-state index contributed by atoms with van der Waals surface area (Å²) in [5.41, 5.74) is 1.57. The van der Waals surface area contributed by atoms with Crippen LogP contribution in [0.25, 0.3) is 10.8 Å². The zero-order valence-electron chi connectivity index (χ0n) is 15.7. The lowest BCUT2D eigenvalue weighted by Crippen LogP contribution is -2.14. The molecule has 0 fully saturated rings. The number of amides is 1. The maximum Gasteiger partial charge on any atom is 0.261 e. The molecule has 0 aliphatic rings. The first-order chi connectivity index (χ1) is 14.4. The van der Waals surface area contributed by atoms with Gasteiger partial charge in [0.1, 0.15) is 0 Å². The van der Waals surface area contributed by atoms with Gasteiger partial charge < -0.3 is 5.32 Å². The second kappa shape index (κ2) is 8.45. The lowest BCUT2D eigenvalue weighted by Gasteiger charge is -2.11. The molecule has 0 aliphatic heterocycles. The van der Waals surface area contributed by atoms with E-state index < -0.39 is 10.0 Å². The predicted octanol–water partition coefficient (Wildman–Crippen LogP) is 5.50. The van der Waals surface area contributed by atoms with Gasteiger partial charge in [0.25, 0.3) is 15.9 Å². The quantitative estimate of drug-likeness (QED) is 0.336. The molecule has 5 nitrogen and oxygen atoms in total. The van der Waals surface area contributed by atoms with Gasteiger partial charge in [-0.15, -0.1) is 0 Å². The first-order valence-corrected chi connectivity index (χ1v) is 11.7. The van der Waals surface area contributed by atoms with Crippen LogP contribution >= 0.6 is 22.6 Å². The van der Waals surface area contributed by atoms with Crippen molar-refractivity contribution in [3.05, 3.63) is 100 Å². The van der Waals surface area contributed by atoms with Crippen LogP contribution in [0, 0.1) is 3.57 Å². The average Bonchev–Trinajstić information content (AvgIpc) is 2.74. The van der Waals surface area contributed by atoms with E-state index in [1.54, 1.807) is 30.3 Å². The van der Waals surface area contributed by atoms with E-state index in [9.17, 15) is 13.2 Å². The van der Waals surface area contributed by atoms with Gasteiger partial charge in [0.2, 0.25) is 0 Å². The van der Waals surface area contributed by atoms with Crippen molar-refractivity contribution in [2.75, 3.05) is 10.0 Å². The van der Waals surface area contributed by atoms with E-state index in [1.165, 1.54) is 12.1 Å². The molecule has 0 aliphatic carbocycles. The first-order valence-electron chi connectivity index (χ1n) is 9.10. The molecule has 30 heavy (non-hydrogen) atoms. The topological polar surface area (TPSA) is 75.3 Å². The second-order valence-corrected chi connectivity index (χ2v) is 9.55. The van der Waals surface area contributed by atoms with Crippen LogP contribution in [-0.2, 0) is 10.0 Å². The van der Waals surface area contributed by atoms with Gasteiger partial charge >= 0.3 is 0 Å². The molecule has 2 N–H and O–H groups in total. The van der Waals surface area contributed by atoms with Crippen LogP contribution in [0.4, 0.5) is 11.4 Å². The SMILES string of the molecule is O=C(Nc1ccc(S(=O)(=O)Nc2cccc3ccccc23)cc1)c1cccc(I)c1. The highest BCUT2D eigenvalue weighted by Gasteiger charge is 2.16. The zero-order valence-corrected chi connectivity index (χ0v) is 18.6. The number of carbonyl (C=O) groups excluding carboxylic acids is 1. The number of benzene rings is 4. The number of nitrogens with one attached hydrogen (secondary N) is 2. The number of rotatable bonds is 5. The third-order valence-electron chi connectivity index (χ3n) is 4.54. The zero-order chi connectivity index (χ0) is 21.1. The number of hydrogen-bond donors (Lipinski definition) is 2. The molecular formula is C23H17IN2O3S. The van der Waals surface area contributed by atoms with Crippen molar-refractivity contribution in [2.24, 2.45) is 0 Å². The summed E-state index contributed by atoms with van der Waals surface area (Å²) in [6.07, 6.45) is 0. The summed E-state index contributed by atoms with van der Waals surface area (Å²) in [5.74, 6) is -0.252. The fraction of sp³-hybridized carbons (Fsp3) is 0. The Bertz CT molecular complexity index is 1330. The Balaban J connectivity index is 1.53. The molecule has 0 unspecified atom stereocenters. The fourth-order valence-corrected chi connectivity index (χ4v) is 4.69. The minimum absolute atomic E-state index is 0.114. The van der Waals surface area contributed by atoms with E-state index in [-0.39, 0.29) is 10.8 Å². The maximum atomic E-state index is 12.8. The largest absolute Gasteiger partial charge is 0.322 e. The van der Waals surface area contributed by atoms with Crippen molar-refractivity contribution < 1.29 is 13.2 Å². The Hall–Kier alpha value is -2.91. The number of fused-ring (bicyclic) bond motifs is 1. The lowest BCUT2D eigenvalue weighted by molar-refractivity contribution is 0.102. The van der Waals surface area contributed by atoms with E-state index in [1.807, 2.05) is 48.5 Å². The molecular weight excluding hydrogens is 511 g/mol. The average molecular weight is 528 g/mol. The van der Waals surface area contributed by atoms with Crippen molar-refractivity contribution >= 4 is 60.7 Å². The molecule has 0 bridgehead atoms. The molecule has 0 saturated carbocycles. The Labute approximate surface area is 188 Å². The molecule has 7 heteroatoms. The van der Waals surface area contributed by atoms with Crippen molar-refractivity contribution in [3.8, 4) is 0 Å². The number of anilines is 2. The molecule has 0 aromatic heterocycles. The van der Waals surface area contributed by atoms with Gasteiger partial charge in [0.15, 0.2) is 0 Å². The number of sulfonamides is 1. The van der Waals surface area contributed by atoms with Crippen LogP contribution < -0.4 is 10.0 Å². The Morgan fingerprint density at radius 1 is 0.800 bits per heavy atom. The van der Waals surface area contributed by atoms with Gasteiger partial charge in [0.05, 0.1) is 10.6 Å². The van der Waals surface area contributed by atoms with Gasteiger partial charge in [-0.05, 0) is 76.5 Å². The summed E-state index contributed by atoms with van der Waals surface area (Å²) in [6, 6.07) is 26.4. The van der Waals surface area contributed by atoms with Crippen molar-refractivity contribution in [1.29, 1.82) is 0 Å². The third kappa shape index (κ3) is 4.47. The molecule has 0 heterocycles. The summed E-state index contributed by atoms with van der Waals surface area (Å²) < 4.78 is 29.3. The van der Waals surface area contributed by atoms with Crippen LogP contribution in [0.1, 0.15) is 10.4 Å². The van der Waals surface area contributed by atoms with Crippen molar-refractivity contribution in [3.63, 3.8) is 0 Å². The molecule has 4 aromatic carbocycles. The second-order valence-electron chi connectivity index (χ2n) is 6.62. The standard InChI is InChI=1S/C23H17IN2O3S/c24-18-8-3-7-17(15-18)23(27)25-19-11-13-20(14-12-19)30(28,29)26-22-10-4-6-16-5-1-2-9-21(16)22/h1-15,26H,(H,25,27). The highest BCUT2D eigenvalue weighted by Crippen LogP contribution is 2.26. The normalized spacial score (nSPS) is 11.2. The molecule has 0 spiro atoms. The van der Waals surface area contributed by atoms with Crippen LogP contribution in [0.3, 0.4) is 0 Å². The Morgan fingerprint density at radius 2 is 1.50 bits per heavy atom. The van der Waals surface area contributed by atoms with Crippen molar-refractivity contribution in [2.45, 2.75) is 4.90 Å². The van der Waals surface area contributed by atoms with Crippen LogP contribution in [0.15, 0.2) is 95.9 Å². The summed E-state index contributed by atoms with van der Waals surface area (Å²) in [7, 11) is -3.77. The first kappa shape index (κ1) is 20.4. The summed E-state index contributed by atoms with van der Waals surface area (Å²) >= 11 is 2.14. The number of halogens is 1. The van der Waals surface area contributed by atoms with Gasteiger partial charge in [0, 0.05) is 20.2 Å². The van der Waals surface area contributed by atoms with E-state index in [4.69, 9.17) is 0 Å². The minimum Gasteiger partial charge on any atom is -0.322 e. The van der Waals surface area contributed by atoms with Crippen molar-refractivity contribution in [1.82, 2.24) is 0 Å². The van der Waals surface area contributed by atoms with E-state index >= 15 is 0 Å². The fourth-order valence-electron chi connectivity index (χ4n) is 3.07. The third-order valence-corrected chi connectivity index (χ3v) is 6.60. The van der Waals surface area contributed by atoms with Gasteiger partial charge in [-0.3, -0.25) is 9.52 Å². The Kier molecular flexibility index (Phi) is 5.74. The smallest absolute Gasteiger partial charge is 0.261 e. The van der Waals surface area contributed by atoms with E-state index in [2.05, 4.69) is 32.6 Å².